The topological polar surface area (TPSA) is 91.8 Å². The van der Waals surface area contributed by atoms with E-state index in [4.69, 9.17) is 5.11 Å². The van der Waals surface area contributed by atoms with Gasteiger partial charge in [0, 0.05) is 18.8 Å². The number of hydrogen-bond acceptors (Lipinski definition) is 5. The number of carbonyl (C=O) groups is 2. The van der Waals surface area contributed by atoms with E-state index < -0.39 is 15.8 Å². The van der Waals surface area contributed by atoms with Gasteiger partial charge in [0.05, 0.1) is 22.8 Å². The first-order valence-electron chi connectivity index (χ1n) is 7.15. The highest BCUT2D eigenvalue weighted by Gasteiger charge is 2.28. The molecule has 126 valence electrons. The number of carboxylic acids is 1. The standard InChI is InChI=1S/C15H19NO5S2/c1-16(8-11-2-4-12(5-3-11)15(18)19)14(17)9-22-13-6-7-23(20,21)10-13/h2-5,13H,6-10H2,1H3,(H,18,19). The Kier molecular flexibility index (Phi) is 5.69. The largest absolute Gasteiger partial charge is 0.478 e. The van der Waals surface area contributed by atoms with Gasteiger partial charge in [0.1, 0.15) is 0 Å². The lowest BCUT2D eigenvalue weighted by Gasteiger charge is -2.18. The molecule has 1 saturated heterocycles. The van der Waals surface area contributed by atoms with Crippen LogP contribution < -0.4 is 0 Å². The fourth-order valence-electron chi connectivity index (χ4n) is 2.31. The molecule has 0 saturated carbocycles. The summed E-state index contributed by atoms with van der Waals surface area (Å²) in [6.07, 6.45) is 0.612. The third kappa shape index (κ3) is 5.24. The fourth-order valence-corrected chi connectivity index (χ4v) is 5.89. The van der Waals surface area contributed by atoms with Crippen molar-refractivity contribution in [1.82, 2.24) is 4.90 Å². The summed E-state index contributed by atoms with van der Waals surface area (Å²) in [6, 6.07) is 6.39. The first-order valence-corrected chi connectivity index (χ1v) is 10.0. The van der Waals surface area contributed by atoms with Crippen LogP contribution in [0.5, 0.6) is 0 Å². The minimum atomic E-state index is -2.92. The zero-order valence-corrected chi connectivity index (χ0v) is 14.4. The van der Waals surface area contributed by atoms with Gasteiger partial charge in [-0.2, -0.15) is 0 Å². The summed E-state index contributed by atoms with van der Waals surface area (Å²) in [5.74, 6) is -0.426. The summed E-state index contributed by atoms with van der Waals surface area (Å²) in [4.78, 5) is 24.5. The van der Waals surface area contributed by atoms with Crippen LogP contribution in [-0.4, -0.2) is 59.9 Å². The Morgan fingerprint density at radius 3 is 2.48 bits per heavy atom. The van der Waals surface area contributed by atoms with Gasteiger partial charge < -0.3 is 10.0 Å². The third-order valence-corrected chi connectivity index (χ3v) is 6.95. The Morgan fingerprint density at radius 2 is 1.96 bits per heavy atom. The maximum atomic E-state index is 12.1. The highest BCUT2D eigenvalue weighted by atomic mass is 32.2. The number of nitrogens with zero attached hydrogens (tertiary/aromatic N) is 1. The van der Waals surface area contributed by atoms with Gasteiger partial charge in [0.25, 0.3) is 0 Å². The maximum Gasteiger partial charge on any atom is 0.335 e. The van der Waals surface area contributed by atoms with E-state index in [1.54, 1.807) is 24.1 Å². The summed E-state index contributed by atoms with van der Waals surface area (Å²) < 4.78 is 22.8. The van der Waals surface area contributed by atoms with Crippen LogP contribution in [0.15, 0.2) is 24.3 Å². The van der Waals surface area contributed by atoms with Crippen molar-refractivity contribution in [3.63, 3.8) is 0 Å². The summed E-state index contributed by atoms with van der Waals surface area (Å²) in [6.45, 7) is 0.391. The van der Waals surface area contributed by atoms with E-state index in [0.717, 1.165) is 5.56 Å². The average Bonchev–Trinajstić information content (AvgIpc) is 2.84. The van der Waals surface area contributed by atoms with Crippen molar-refractivity contribution in [2.75, 3.05) is 24.3 Å². The summed E-state index contributed by atoms with van der Waals surface area (Å²) in [7, 11) is -1.24. The van der Waals surface area contributed by atoms with Gasteiger partial charge in [-0.05, 0) is 24.1 Å². The van der Waals surface area contributed by atoms with Crippen LogP contribution in [0.2, 0.25) is 0 Å². The van der Waals surface area contributed by atoms with E-state index in [1.165, 1.54) is 23.9 Å². The van der Waals surface area contributed by atoms with E-state index in [2.05, 4.69) is 0 Å². The molecule has 0 radical (unpaired) electrons. The average molecular weight is 357 g/mol. The number of carboxylic acid groups (broad SMARTS) is 1. The molecule has 1 fully saturated rings. The van der Waals surface area contributed by atoms with Crippen molar-refractivity contribution in [1.29, 1.82) is 0 Å². The second-order valence-corrected chi connectivity index (χ2v) is 9.11. The molecule has 0 aliphatic carbocycles. The minimum absolute atomic E-state index is 0.00667. The van der Waals surface area contributed by atoms with Gasteiger partial charge >= 0.3 is 5.97 Å². The molecule has 2 rings (SSSR count). The van der Waals surface area contributed by atoms with Crippen LogP contribution in [0.1, 0.15) is 22.3 Å². The lowest BCUT2D eigenvalue weighted by atomic mass is 10.1. The molecule has 1 aliphatic heterocycles. The zero-order valence-electron chi connectivity index (χ0n) is 12.8. The molecule has 23 heavy (non-hydrogen) atoms. The number of aromatic carboxylic acids is 1. The molecule has 0 aromatic heterocycles. The van der Waals surface area contributed by atoms with Crippen molar-refractivity contribution in [3.8, 4) is 0 Å². The number of benzene rings is 1. The molecular formula is C15H19NO5S2. The molecule has 0 bridgehead atoms. The predicted octanol–water partition coefficient (Wildman–Crippen LogP) is 1.26. The molecule has 1 heterocycles. The van der Waals surface area contributed by atoms with E-state index in [0.29, 0.717) is 13.0 Å². The number of rotatable bonds is 6. The maximum absolute atomic E-state index is 12.1. The summed E-state index contributed by atoms with van der Waals surface area (Å²) in [5, 5.41) is 8.85. The minimum Gasteiger partial charge on any atom is -0.478 e. The Morgan fingerprint density at radius 1 is 1.30 bits per heavy atom. The third-order valence-electron chi connectivity index (χ3n) is 3.68. The van der Waals surface area contributed by atoms with Crippen molar-refractivity contribution >= 4 is 33.5 Å². The number of thioether (sulfide) groups is 1. The molecule has 1 aromatic rings. The SMILES string of the molecule is CN(Cc1ccc(C(=O)O)cc1)C(=O)CSC1CCS(=O)(=O)C1. The molecule has 1 amide bonds. The molecule has 1 N–H and O–H groups in total. The highest BCUT2D eigenvalue weighted by Crippen LogP contribution is 2.24. The van der Waals surface area contributed by atoms with Crippen LogP contribution in [0.25, 0.3) is 0 Å². The Labute approximate surface area is 139 Å². The second kappa shape index (κ2) is 7.35. The second-order valence-electron chi connectivity index (χ2n) is 5.59. The van der Waals surface area contributed by atoms with Crippen molar-refractivity contribution in [2.24, 2.45) is 0 Å². The van der Waals surface area contributed by atoms with Gasteiger partial charge in [-0.25, -0.2) is 13.2 Å². The van der Waals surface area contributed by atoms with Gasteiger partial charge in [-0.1, -0.05) is 12.1 Å². The number of hydrogen-bond donors (Lipinski definition) is 1. The Balaban J connectivity index is 1.81. The number of sulfone groups is 1. The first-order chi connectivity index (χ1) is 10.8. The molecule has 8 heteroatoms. The van der Waals surface area contributed by atoms with E-state index >= 15 is 0 Å². The summed E-state index contributed by atoms with van der Waals surface area (Å²) >= 11 is 1.39. The van der Waals surface area contributed by atoms with E-state index in [-0.39, 0.29) is 34.0 Å². The Hall–Kier alpha value is -1.54. The zero-order chi connectivity index (χ0) is 17.0. The highest BCUT2D eigenvalue weighted by molar-refractivity contribution is 8.02. The van der Waals surface area contributed by atoms with Crippen LogP contribution in [0, 0.1) is 0 Å². The number of carbonyl (C=O) groups excluding carboxylic acids is 1. The normalized spacial score (nSPS) is 19.4. The van der Waals surface area contributed by atoms with Crippen LogP contribution in [0.3, 0.4) is 0 Å². The van der Waals surface area contributed by atoms with Crippen LogP contribution >= 0.6 is 11.8 Å². The molecule has 1 atom stereocenters. The predicted molar refractivity (Wildman–Crippen MR) is 89.4 cm³/mol. The van der Waals surface area contributed by atoms with Crippen molar-refractivity contribution in [3.05, 3.63) is 35.4 Å². The molecule has 0 spiro atoms. The van der Waals surface area contributed by atoms with Gasteiger partial charge in [0.15, 0.2) is 9.84 Å². The summed E-state index contributed by atoms with van der Waals surface area (Å²) in [5.41, 5.74) is 1.06. The van der Waals surface area contributed by atoms with Crippen LogP contribution in [-0.2, 0) is 21.2 Å². The number of amides is 1. The van der Waals surface area contributed by atoms with E-state index in [1.807, 2.05) is 0 Å². The quantitative estimate of drug-likeness (QED) is 0.824. The van der Waals surface area contributed by atoms with Gasteiger partial charge in [-0.15, -0.1) is 11.8 Å². The molecular weight excluding hydrogens is 338 g/mol. The van der Waals surface area contributed by atoms with Gasteiger partial charge in [0.2, 0.25) is 5.91 Å². The smallest absolute Gasteiger partial charge is 0.335 e. The van der Waals surface area contributed by atoms with Gasteiger partial charge in [-0.3, -0.25) is 4.79 Å². The Bertz CT molecular complexity index is 684. The molecule has 1 aromatic carbocycles. The molecule has 6 nitrogen and oxygen atoms in total. The first kappa shape index (κ1) is 17.8. The monoisotopic (exact) mass is 357 g/mol. The fraction of sp³-hybridized carbons (Fsp3) is 0.467. The van der Waals surface area contributed by atoms with Crippen LogP contribution in [0.4, 0.5) is 0 Å². The van der Waals surface area contributed by atoms with Crippen molar-refractivity contribution in [2.45, 2.75) is 18.2 Å². The molecule has 1 unspecified atom stereocenters. The van der Waals surface area contributed by atoms with Crippen molar-refractivity contribution < 1.29 is 23.1 Å². The van der Waals surface area contributed by atoms with E-state index in [9.17, 15) is 18.0 Å². The lowest BCUT2D eigenvalue weighted by molar-refractivity contribution is -0.127. The lowest BCUT2D eigenvalue weighted by Crippen LogP contribution is -2.28. The molecule has 1 aliphatic rings.